The molecule has 0 aromatic heterocycles. The van der Waals surface area contributed by atoms with Crippen LogP contribution in [0.1, 0.15) is 45.4 Å². The number of carbonyl (C=O) groups is 3. The van der Waals surface area contributed by atoms with Crippen LogP contribution >= 0.6 is 0 Å². The van der Waals surface area contributed by atoms with Crippen molar-refractivity contribution < 1.29 is 23.9 Å². The number of esters is 1. The van der Waals surface area contributed by atoms with Gasteiger partial charge in [0.1, 0.15) is 17.7 Å². The number of carbonyl (C=O) groups excluding carboxylic acids is 3. The molecule has 0 spiro atoms. The largest absolute Gasteiger partial charge is 0.494 e. The highest BCUT2D eigenvalue weighted by Gasteiger charge is 2.55. The number of ether oxygens (including phenoxy) is 2. The number of hydrazone groups is 1. The van der Waals surface area contributed by atoms with E-state index in [2.05, 4.69) is 22.2 Å². The summed E-state index contributed by atoms with van der Waals surface area (Å²) in [7, 11) is 1.21. The standard InChI is InChI=1S/C21H27N3O5/c1-3-4-5-6-7-8-13-29-15-11-9-14(10-12-15)24-19(25)16-17(20(24)26)22-23-18(16)21(27)28-2/h9-12,16-17,22H,3-8,13H2,1-2H3. The summed E-state index contributed by atoms with van der Waals surface area (Å²) in [5.74, 6) is -1.92. The summed E-state index contributed by atoms with van der Waals surface area (Å²) < 4.78 is 10.4. The van der Waals surface area contributed by atoms with Gasteiger partial charge in [-0.05, 0) is 30.7 Å². The van der Waals surface area contributed by atoms with Crippen molar-refractivity contribution in [3.63, 3.8) is 0 Å². The van der Waals surface area contributed by atoms with Crippen LogP contribution in [0.25, 0.3) is 0 Å². The number of anilines is 1. The normalized spacial score (nSPS) is 20.3. The zero-order valence-corrected chi connectivity index (χ0v) is 16.8. The monoisotopic (exact) mass is 401 g/mol. The Morgan fingerprint density at radius 1 is 1.07 bits per heavy atom. The zero-order valence-electron chi connectivity index (χ0n) is 16.8. The third-order valence-corrected chi connectivity index (χ3v) is 5.18. The fourth-order valence-corrected chi connectivity index (χ4v) is 3.58. The number of unbranched alkanes of at least 4 members (excludes halogenated alkanes) is 5. The highest BCUT2D eigenvalue weighted by atomic mass is 16.5. The number of amides is 2. The molecule has 1 aromatic carbocycles. The molecule has 2 amide bonds. The van der Waals surface area contributed by atoms with Crippen LogP contribution < -0.4 is 15.1 Å². The van der Waals surface area contributed by atoms with E-state index in [9.17, 15) is 14.4 Å². The molecule has 0 saturated carbocycles. The average Bonchev–Trinajstić information content (AvgIpc) is 3.28. The lowest BCUT2D eigenvalue weighted by molar-refractivity contribution is -0.133. The van der Waals surface area contributed by atoms with Crippen molar-refractivity contribution in [2.45, 2.75) is 51.5 Å². The van der Waals surface area contributed by atoms with Gasteiger partial charge in [-0.25, -0.2) is 9.69 Å². The highest BCUT2D eigenvalue weighted by Crippen LogP contribution is 2.31. The van der Waals surface area contributed by atoms with Crippen molar-refractivity contribution in [1.29, 1.82) is 0 Å². The highest BCUT2D eigenvalue weighted by molar-refractivity contribution is 6.46. The number of rotatable bonds is 10. The Kier molecular flexibility index (Phi) is 6.85. The zero-order chi connectivity index (χ0) is 20.8. The van der Waals surface area contributed by atoms with E-state index >= 15 is 0 Å². The number of nitrogens with zero attached hydrogens (tertiary/aromatic N) is 2. The van der Waals surface area contributed by atoms with Crippen LogP contribution in [-0.2, 0) is 19.1 Å². The quantitative estimate of drug-likeness (QED) is 0.367. The lowest BCUT2D eigenvalue weighted by atomic mass is 9.99. The second kappa shape index (κ2) is 9.54. The van der Waals surface area contributed by atoms with Crippen LogP contribution in [-0.4, -0.2) is 43.3 Å². The summed E-state index contributed by atoms with van der Waals surface area (Å²) in [6.07, 6.45) is 7.15. The van der Waals surface area contributed by atoms with Gasteiger partial charge in [-0.1, -0.05) is 39.0 Å². The summed E-state index contributed by atoms with van der Waals surface area (Å²) in [6.45, 7) is 2.84. The van der Waals surface area contributed by atoms with E-state index in [-0.39, 0.29) is 5.71 Å². The van der Waals surface area contributed by atoms with Gasteiger partial charge in [0, 0.05) is 0 Å². The Balaban J connectivity index is 1.56. The molecule has 2 heterocycles. The predicted octanol–water partition coefficient (Wildman–Crippen LogP) is 2.42. The minimum atomic E-state index is -0.960. The minimum absolute atomic E-state index is 0.0720. The van der Waals surface area contributed by atoms with Gasteiger partial charge in [0.25, 0.3) is 5.91 Å². The summed E-state index contributed by atoms with van der Waals surface area (Å²) in [5, 5.41) is 3.80. The molecular weight excluding hydrogens is 374 g/mol. The summed E-state index contributed by atoms with van der Waals surface area (Å²) in [5.41, 5.74) is 2.94. The van der Waals surface area contributed by atoms with Crippen LogP contribution in [0.2, 0.25) is 0 Å². The van der Waals surface area contributed by atoms with Crippen LogP contribution in [0.15, 0.2) is 29.4 Å². The van der Waals surface area contributed by atoms with Gasteiger partial charge in [-0.15, -0.1) is 0 Å². The maximum atomic E-state index is 12.8. The molecule has 29 heavy (non-hydrogen) atoms. The number of hydrogen-bond donors (Lipinski definition) is 1. The molecule has 0 bridgehead atoms. The second-order valence-corrected chi connectivity index (χ2v) is 7.20. The van der Waals surface area contributed by atoms with Gasteiger partial charge in [0.2, 0.25) is 5.91 Å². The molecule has 1 N–H and O–H groups in total. The molecule has 0 aliphatic carbocycles. The summed E-state index contributed by atoms with van der Waals surface area (Å²) in [4.78, 5) is 38.3. The van der Waals surface area contributed by atoms with Crippen molar-refractivity contribution in [3.8, 4) is 5.75 Å². The number of methoxy groups -OCH3 is 1. The van der Waals surface area contributed by atoms with Gasteiger partial charge < -0.3 is 9.47 Å². The molecule has 2 unspecified atom stereocenters. The van der Waals surface area contributed by atoms with E-state index in [1.165, 1.54) is 32.8 Å². The van der Waals surface area contributed by atoms with Crippen LogP contribution in [0.3, 0.4) is 0 Å². The van der Waals surface area contributed by atoms with E-state index in [1.807, 2.05) is 0 Å². The van der Waals surface area contributed by atoms with Crippen molar-refractivity contribution >= 4 is 29.2 Å². The van der Waals surface area contributed by atoms with E-state index < -0.39 is 29.7 Å². The Bertz CT molecular complexity index is 790. The first-order valence-corrected chi connectivity index (χ1v) is 10.1. The third-order valence-electron chi connectivity index (χ3n) is 5.18. The lowest BCUT2D eigenvalue weighted by Gasteiger charge is -2.16. The molecule has 1 fully saturated rings. The number of nitrogens with one attached hydrogen (secondary N) is 1. The predicted molar refractivity (Wildman–Crippen MR) is 108 cm³/mol. The van der Waals surface area contributed by atoms with E-state index in [4.69, 9.17) is 4.74 Å². The lowest BCUT2D eigenvalue weighted by Crippen LogP contribution is -2.36. The maximum Gasteiger partial charge on any atom is 0.355 e. The number of hydrogen-bond acceptors (Lipinski definition) is 7. The molecule has 0 radical (unpaired) electrons. The summed E-state index contributed by atoms with van der Waals surface area (Å²) in [6, 6.07) is 5.94. The number of imide groups is 1. The first-order valence-electron chi connectivity index (χ1n) is 10.1. The fourth-order valence-electron chi connectivity index (χ4n) is 3.58. The molecule has 8 nitrogen and oxygen atoms in total. The van der Waals surface area contributed by atoms with Crippen molar-refractivity contribution in [3.05, 3.63) is 24.3 Å². The van der Waals surface area contributed by atoms with Gasteiger partial charge in [0.05, 0.1) is 19.4 Å². The maximum absolute atomic E-state index is 12.8. The Morgan fingerprint density at radius 3 is 2.45 bits per heavy atom. The van der Waals surface area contributed by atoms with E-state index in [1.54, 1.807) is 24.3 Å². The van der Waals surface area contributed by atoms with Crippen molar-refractivity contribution in [1.82, 2.24) is 5.43 Å². The molecule has 2 aliphatic rings. The second-order valence-electron chi connectivity index (χ2n) is 7.20. The average molecular weight is 401 g/mol. The molecule has 1 aromatic rings. The molecule has 8 heteroatoms. The molecule has 1 saturated heterocycles. The van der Waals surface area contributed by atoms with Crippen molar-refractivity contribution in [2.75, 3.05) is 18.6 Å². The van der Waals surface area contributed by atoms with Gasteiger partial charge in [0.15, 0.2) is 5.71 Å². The molecule has 2 atom stereocenters. The number of benzene rings is 1. The van der Waals surface area contributed by atoms with Crippen LogP contribution in [0, 0.1) is 5.92 Å². The van der Waals surface area contributed by atoms with E-state index in [0.29, 0.717) is 18.0 Å². The minimum Gasteiger partial charge on any atom is -0.494 e. The molecular formula is C21H27N3O5. The molecule has 3 rings (SSSR count). The Labute approximate surface area is 170 Å². The topological polar surface area (TPSA) is 97.3 Å². The Morgan fingerprint density at radius 2 is 1.76 bits per heavy atom. The van der Waals surface area contributed by atoms with Crippen molar-refractivity contribution in [2.24, 2.45) is 11.0 Å². The van der Waals surface area contributed by atoms with Gasteiger partial charge >= 0.3 is 5.97 Å². The summed E-state index contributed by atoms with van der Waals surface area (Å²) >= 11 is 0. The Hall–Kier alpha value is -2.90. The van der Waals surface area contributed by atoms with E-state index in [0.717, 1.165) is 17.7 Å². The SMILES string of the molecule is CCCCCCCCOc1ccc(N2C(=O)C3NN=C(C(=O)OC)C3C2=O)cc1. The molecule has 2 aliphatic heterocycles. The van der Waals surface area contributed by atoms with Crippen LogP contribution in [0.5, 0.6) is 5.75 Å². The number of fused-ring (bicyclic) bond motifs is 1. The first kappa shape index (κ1) is 20.8. The van der Waals surface area contributed by atoms with Gasteiger partial charge in [-0.2, -0.15) is 5.10 Å². The smallest absolute Gasteiger partial charge is 0.355 e. The fraction of sp³-hybridized carbons (Fsp3) is 0.524. The third kappa shape index (κ3) is 4.41. The molecule has 156 valence electrons. The first-order chi connectivity index (χ1) is 14.1. The van der Waals surface area contributed by atoms with Gasteiger partial charge in [-0.3, -0.25) is 15.0 Å². The van der Waals surface area contributed by atoms with Crippen LogP contribution in [0.4, 0.5) is 5.69 Å².